The average molecular weight is 212 g/mol. The van der Waals surface area contributed by atoms with Gasteiger partial charge in [0, 0.05) is 13.0 Å². The highest BCUT2D eigenvalue weighted by atomic mass is 16.4. The third kappa shape index (κ3) is 12.9. The molecule has 0 amide bonds. The molecule has 0 aliphatic heterocycles. The van der Waals surface area contributed by atoms with Crippen LogP contribution in [-0.2, 0) is 4.79 Å². The van der Waals surface area contributed by atoms with Crippen LogP contribution < -0.4 is 0 Å². The molecule has 0 rings (SSSR count). The Morgan fingerprint density at radius 2 is 1.47 bits per heavy atom. The van der Waals surface area contributed by atoms with Gasteiger partial charge in [-0.05, 0) is 32.1 Å². The van der Waals surface area contributed by atoms with Crippen molar-refractivity contribution >= 4 is 5.97 Å². The quantitative estimate of drug-likeness (QED) is 0.456. The molecule has 0 aromatic rings. The number of aliphatic carboxylic acids is 1. The van der Waals surface area contributed by atoms with Crippen LogP contribution in [0.2, 0.25) is 0 Å². The second-order valence-corrected chi connectivity index (χ2v) is 3.32. The highest BCUT2D eigenvalue weighted by molar-refractivity contribution is 5.66. The van der Waals surface area contributed by atoms with E-state index < -0.39 is 5.97 Å². The van der Waals surface area contributed by atoms with E-state index in [-0.39, 0.29) is 13.0 Å². The van der Waals surface area contributed by atoms with Gasteiger partial charge < -0.3 is 10.2 Å². The molecule has 3 nitrogen and oxygen atoms in total. The van der Waals surface area contributed by atoms with Crippen molar-refractivity contribution in [1.82, 2.24) is 0 Å². The zero-order valence-corrected chi connectivity index (χ0v) is 9.06. The van der Waals surface area contributed by atoms with Gasteiger partial charge in [-0.25, -0.2) is 0 Å². The molecule has 0 saturated heterocycles. The zero-order valence-electron chi connectivity index (χ0n) is 9.06. The fourth-order valence-electron chi connectivity index (χ4n) is 1.08. The van der Waals surface area contributed by atoms with Crippen LogP contribution in [0.25, 0.3) is 0 Å². The maximum absolute atomic E-state index is 10.2. The first kappa shape index (κ1) is 13.9. The SMILES string of the molecule is O=C(O)CC/C=C/CC/C=C/CCCO. The molecule has 0 bridgehead atoms. The minimum atomic E-state index is -0.747. The third-order valence-electron chi connectivity index (χ3n) is 1.89. The predicted octanol–water partition coefficient (Wildman–Crippen LogP) is 2.52. The molecule has 15 heavy (non-hydrogen) atoms. The zero-order chi connectivity index (χ0) is 11.4. The van der Waals surface area contributed by atoms with Crippen molar-refractivity contribution in [2.75, 3.05) is 6.61 Å². The van der Waals surface area contributed by atoms with E-state index in [9.17, 15) is 4.79 Å². The van der Waals surface area contributed by atoms with E-state index >= 15 is 0 Å². The Labute approximate surface area is 91.1 Å². The minimum Gasteiger partial charge on any atom is -0.481 e. The summed E-state index contributed by atoms with van der Waals surface area (Å²) in [5, 5.41) is 16.9. The average Bonchev–Trinajstić information content (AvgIpc) is 2.20. The standard InChI is InChI=1S/C12H20O3/c13-11-9-7-5-3-1-2-4-6-8-10-12(14)15/h3-6,13H,1-2,7-11H2,(H,14,15)/b5-3+,6-4+. The molecule has 2 N–H and O–H groups in total. The Hall–Kier alpha value is -1.09. The van der Waals surface area contributed by atoms with Gasteiger partial charge in [0.2, 0.25) is 0 Å². The fourth-order valence-corrected chi connectivity index (χ4v) is 1.08. The molecule has 0 radical (unpaired) electrons. The van der Waals surface area contributed by atoms with Crippen LogP contribution in [0.5, 0.6) is 0 Å². The molecule has 0 heterocycles. The topological polar surface area (TPSA) is 57.5 Å². The Balaban J connectivity index is 3.22. The van der Waals surface area contributed by atoms with Crippen molar-refractivity contribution in [2.45, 2.75) is 38.5 Å². The summed E-state index contributed by atoms with van der Waals surface area (Å²) >= 11 is 0. The lowest BCUT2D eigenvalue weighted by molar-refractivity contribution is -0.136. The van der Waals surface area contributed by atoms with E-state index in [2.05, 4.69) is 12.2 Å². The summed E-state index contributed by atoms with van der Waals surface area (Å²) < 4.78 is 0. The summed E-state index contributed by atoms with van der Waals surface area (Å²) in [5.41, 5.74) is 0. The number of carboxylic acid groups (broad SMARTS) is 1. The summed E-state index contributed by atoms with van der Waals surface area (Å²) in [6.45, 7) is 0.249. The second kappa shape index (κ2) is 11.0. The first-order valence-corrected chi connectivity index (χ1v) is 5.40. The van der Waals surface area contributed by atoms with Crippen LogP contribution in [-0.4, -0.2) is 22.8 Å². The Morgan fingerprint density at radius 3 is 2.00 bits per heavy atom. The first-order chi connectivity index (χ1) is 7.27. The van der Waals surface area contributed by atoms with Crippen LogP contribution in [0.4, 0.5) is 0 Å². The molecule has 0 atom stereocenters. The summed E-state index contributed by atoms with van der Waals surface area (Å²) in [6, 6.07) is 0. The van der Waals surface area contributed by atoms with Crippen LogP contribution >= 0.6 is 0 Å². The van der Waals surface area contributed by atoms with Gasteiger partial charge in [0.05, 0.1) is 0 Å². The lowest BCUT2D eigenvalue weighted by atomic mass is 10.2. The summed E-state index contributed by atoms with van der Waals surface area (Å²) in [5.74, 6) is -0.747. The van der Waals surface area contributed by atoms with Crippen molar-refractivity contribution in [2.24, 2.45) is 0 Å². The molecular weight excluding hydrogens is 192 g/mol. The lowest BCUT2D eigenvalue weighted by Crippen LogP contribution is -1.91. The van der Waals surface area contributed by atoms with Crippen molar-refractivity contribution in [3.63, 3.8) is 0 Å². The van der Waals surface area contributed by atoms with Crippen molar-refractivity contribution in [3.8, 4) is 0 Å². The molecule has 0 fully saturated rings. The van der Waals surface area contributed by atoms with Gasteiger partial charge in [0.25, 0.3) is 0 Å². The number of carbonyl (C=O) groups is 1. The van der Waals surface area contributed by atoms with Gasteiger partial charge in [-0.2, -0.15) is 0 Å². The van der Waals surface area contributed by atoms with Gasteiger partial charge in [0.1, 0.15) is 0 Å². The molecule has 3 heteroatoms. The largest absolute Gasteiger partial charge is 0.481 e. The predicted molar refractivity (Wildman–Crippen MR) is 60.7 cm³/mol. The number of hydrogen-bond donors (Lipinski definition) is 2. The number of allylic oxidation sites excluding steroid dienone is 4. The molecule has 86 valence electrons. The second-order valence-electron chi connectivity index (χ2n) is 3.32. The fraction of sp³-hybridized carbons (Fsp3) is 0.583. The van der Waals surface area contributed by atoms with Gasteiger partial charge in [-0.15, -0.1) is 0 Å². The molecule has 0 aliphatic carbocycles. The van der Waals surface area contributed by atoms with Gasteiger partial charge >= 0.3 is 5.97 Å². The van der Waals surface area contributed by atoms with Crippen molar-refractivity contribution < 1.29 is 15.0 Å². The molecular formula is C12H20O3. The Kier molecular flexibility index (Phi) is 10.2. The summed E-state index contributed by atoms with van der Waals surface area (Å²) in [4.78, 5) is 10.2. The van der Waals surface area contributed by atoms with E-state index in [1.165, 1.54) is 0 Å². The van der Waals surface area contributed by atoms with Gasteiger partial charge in [0.15, 0.2) is 0 Å². The van der Waals surface area contributed by atoms with E-state index in [4.69, 9.17) is 10.2 Å². The smallest absolute Gasteiger partial charge is 0.303 e. The molecule has 0 saturated carbocycles. The number of hydrogen-bond acceptors (Lipinski definition) is 2. The van der Waals surface area contributed by atoms with E-state index in [1.54, 1.807) is 0 Å². The van der Waals surface area contributed by atoms with Gasteiger partial charge in [-0.1, -0.05) is 24.3 Å². The van der Waals surface area contributed by atoms with Crippen LogP contribution in [0.1, 0.15) is 38.5 Å². The number of carboxylic acids is 1. The Bertz CT molecular complexity index is 207. The highest BCUT2D eigenvalue weighted by Crippen LogP contribution is 1.98. The highest BCUT2D eigenvalue weighted by Gasteiger charge is 1.90. The number of rotatable bonds is 9. The number of aliphatic hydroxyl groups is 1. The van der Waals surface area contributed by atoms with Gasteiger partial charge in [-0.3, -0.25) is 4.79 Å². The summed E-state index contributed by atoms with van der Waals surface area (Å²) in [6.07, 6.45) is 12.6. The molecule has 0 aromatic carbocycles. The molecule has 0 aromatic heterocycles. The van der Waals surface area contributed by atoms with E-state index in [0.29, 0.717) is 6.42 Å². The molecule has 0 spiro atoms. The van der Waals surface area contributed by atoms with Crippen molar-refractivity contribution in [3.05, 3.63) is 24.3 Å². The van der Waals surface area contributed by atoms with E-state index in [0.717, 1.165) is 25.7 Å². The number of aliphatic hydroxyl groups excluding tert-OH is 1. The monoisotopic (exact) mass is 212 g/mol. The first-order valence-electron chi connectivity index (χ1n) is 5.40. The van der Waals surface area contributed by atoms with Crippen LogP contribution in [0.15, 0.2) is 24.3 Å². The molecule has 0 unspecified atom stereocenters. The van der Waals surface area contributed by atoms with Crippen LogP contribution in [0, 0.1) is 0 Å². The maximum atomic E-state index is 10.2. The Morgan fingerprint density at radius 1 is 0.933 bits per heavy atom. The summed E-state index contributed by atoms with van der Waals surface area (Å²) in [7, 11) is 0. The molecule has 0 aliphatic rings. The van der Waals surface area contributed by atoms with Crippen LogP contribution in [0.3, 0.4) is 0 Å². The number of unbranched alkanes of at least 4 members (excludes halogenated alkanes) is 2. The minimum absolute atomic E-state index is 0.211. The van der Waals surface area contributed by atoms with Crippen molar-refractivity contribution in [1.29, 1.82) is 0 Å². The third-order valence-corrected chi connectivity index (χ3v) is 1.89. The normalized spacial score (nSPS) is 11.5. The van der Waals surface area contributed by atoms with E-state index in [1.807, 2.05) is 12.2 Å². The lowest BCUT2D eigenvalue weighted by Gasteiger charge is -1.90. The maximum Gasteiger partial charge on any atom is 0.303 e.